The molecule has 0 amide bonds. The summed E-state index contributed by atoms with van der Waals surface area (Å²) in [6, 6.07) is 0. The molecule has 0 aliphatic heterocycles. The van der Waals surface area contributed by atoms with E-state index >= 15 is 0 Å². The molecule has 0 saturated heterocycles. The minimum Gasteiger partial charge on any atom is -0.394 e. The summed E-state index contributed by atoms with van der Waals surface area (Å²) in [4.78, 5) is 0. The second-order valence-corrected chi connectivity index (χ2v) is 2.45. The van der Waals surface area contributed by atoms with Crippen molar-refractivity contribution in [2.45, 2.75) is 32.3 Å². The van der Waals surface area contributed by atoms with Gasteiger partial charge in [-0.05, 0) is 6.42 Å². The quantitative estimate of drug-likeness (QED) is 0.427. The van der Waals surface area contributed by atoms with E-state index in [9.17, 15) is 0 Å². The van der Waals surface area contributed by atoms with E-state index < -0.39 is 6.10 Å². The van der Waals surface area contributed by atoms with Crippen LogP contribution in [-0.2, 0) is 0 Å². The molecule has 3 heteroatoms. The first-order valence-electron chi connectivity index (χ1n) is 4.23. The summed E-state index contributed by atoms with van der Waals surface area (Å²) in [5, 5.41) is 24.0. The molecule has 0 aromatic carbocycles. The van der Waals surface area contributed by atoms with Crippen LogP contribution >= 0.6 is 0 Å². The zero-order chi connectivity index (χ0) is 9.82. The van der Waals surface area contributed by atoms with Crippen LogP contribution in [0.5, 0.6) is 0 Å². The molecule has 0 rings (SSSR count). The summed E-state index contributed by atoms with van der Waals surface area (Å²) in [6.07, 6.45) is 4.76. The molecule has 0 aromatic rings. The lowest BCUT2D eigenvalue weighted by atomic mass is 10.3. The van der Waals surface area contributed by atoms with Crippen molar-refractivity contribution in [2.75, 3.05) is 13.2 Å². The Balaban J connectivity index is 0. The van der Waals surface area contributed by atoms with Gasteiger partial charge >= 0.3 is 0 Å². The molecule has 0 aliphatic rings. The van der Waals surface area contributed by atoms with E-state index in [1.807, 2.05) is 6.08 Å². The Morgan fingerprint density at radius 2 is 1.83 bits per heavy atom. The number of unbranched alkanes of at least 4 members (excludes halogenated alkanes) is 2. The van der Waals surface area contributed by atoms with Gasteiger partial charge in [-0.2, -0.15) is 0 Å². The van der Waals surface area contributed by atoms with Crippen LogP contribution in [0.2, 0.25) is 0 Å². The van der Waals surface area contributed by atoms with E-state index in [4.69, 9.17) is 15.3 Å². The van der Waals surface area contributed by atoms with Crippen molar-refractivity contribution in [1.29, 1.82) is 0 Å². The van der Waals surface area contributed by atoms with Crippen molar-refractivity contribution in [2.24, 2.45) is 0 Å². The zero-order valence-electron chi connectivity index (χ0n) is 7.74. The van der Waals surface area contributed by atoms with Crippen LogP contribution in [0.4, 0.5) is 0 Å². The number of allylic oxidation sites excluding steroid dienone is 1. The van der Waals surface area contributed by atoms with Gasteiger partial charge < -0.3 is 15.3 Å². The third kappa shape index (κ3) is 16.3. The van der Waals surface area contributed by atoms with Gasteiger partial charge in [-0.3, -0.25) is 0 Å². The van der Waals surface area contributed by atoms with Gasteiger partial charge in [-0.1, -0.05) is 25.8 Å². The molecule has 0 bridgehead atoms. The van der Waals surface area contributed by atoms with Crippen LogP contribution in [0.25, 0.3) is 0 Å². The first kappa shape index (κ1) is 14.2. The monoisotopic (exact) mass is 176 g/mol. The predicted molar refractivity (Wildman–Crippen MR) is 49.9 cm³/mol. The molecule has 0 saturated carbocycles. The molecular weight excluding hydrogens is 156 g/mol. The summed E-state index contributed by atoms with van der Waals surface area (Å²) >= 11 is 0. The summed E-state index contributed by atoms with van der Waals surface area (Å²) in [5.74, 6) is 0. The third-order valence-corrected chi connectivity index (χ3v) is 1.18. The van der Waals surface area contributed by atoms with Crippen LogP contribution in [-0.4, -0.2) is 34.6 Å². The van der Waals surface area contributed by atoms with Crippen molar-refractivity contribution in [3.05, 3.63) is 12.7 Å². The maximum atomic E-state index is 8.17. The third-order valence-electron chi connectivity index (χ3n) is 1.18. The fourth-order valence-electron chi connectivity index (χ4n) is 0.406. The molecule has 0 atom stereocenters. The van der Waals surface area contributed by atoms with Crippen LogP contribution in [0, 0.1) is 0 Å². The molecule has 0 aromatic heterocycles. The average Bonchev–Trinajstić information content (AvgIpc) is 2.14. The fourth-order valence-corrected chi connectivity index (χ4v) is 0.406. The van der Waals surface area contributed by atoms with Crippen molar-refractivity contribution < 1.29 is 15.3 Å². The van der Waals surface area contributed by atoms with Gasteiger partial charge in [0.25, 0.3) is 0 Å². The summed E-state index contributed by atoms with van der Waals surface area (Å²) in [7, 11) is 0. The van der Waals surface area contributed by atoms with Gasteiger partial charge in [0.1, 0.15) is 6.10 Å². The molecule has 12 heavy (non-hydrogen) atoms. The van der Waals surface area contributed by atoms with Crippen LogP contribution < -0.4 is 0 Å². The first-order valence-corrected chi connectivity index (χ1v) is 4.23. The minimum absolute atomic E-state index is 0.365. The maximum Gasteiger partial charge on any atom is 0.100 e. The Bertz CT molecular complexity index is 79.8. The van der Waals surface area contributed by atoms with Gasteiger partial charge in [0.15, 0.2) is 0 Å². The van der Waals surface area contributed by atoms with Crippen molar-refractivity contribution in [3.8, 4) is 0 Å². The van der Waals surface area contributed by atoms with Gasteiger partial charge in [0.2, 0.25) is 0 Å². The Morgan fingerprint density at radius 1 is 1.33 bits per heavy atom. The lowest BCUT2D eigenvalue weighted by Gasteiger charge is -1.96. The predicted octanol–water partition coefficient (Wildman–Crippen LogP) is 0.694. The van der Waals surface area contributed by atoms with Crippen LogP contribution in [0.15, 0.2) is 12.7 Å². The lowest BCUT2D eigenvalue weighted by Crippen LogP contribution is -2.15. The van der Waals surface area contributed by atoms with E-state index in [2.05, 4.69) is 13.5 Å². The normalized spacial score (nSPS) is 9.08. The fraction of sp³-hybridized carbons (Fsp3) is 0.778. The SMILES string of the molecule is C=CCCCC.OCC(O)CO. The number of aliphatic hydroxyl groups is 3. The Kier molecular flexibility index (Phi) is 15.6. The van der Waals surface area contributed by atoms with Gasteiger partial charge in [0.05, 0.1) is 13.2 Å². The molecule has 0 aliphatic carbocycles. The Hall–Kier alpha value is -0.380. The standard InChI is InChI=1S/C6H12.C3H8O3/c1-3-5-6-4-2;4-1-3(6)2-5/h3H,1,4-6H2,2H3;3-6H,1-2H2. The Labute approximate surface area is 74.4 Å². The molecule has 0 fully saturated rings. The summed E-state index contributed by atoms with van der Waals surface area (Å²) in [5.41, 5.74) is 0. The number of hydrogen-bond acceptors (Lipinski definition) is 3. The number of rotatable bonds is 5. The van der Waals surface area contributed by atoms with E-state index in [0.717, 1.165) is 0 Å². The maximum absolute atomic E-state index is 8.17. The van der Waals surface area contributed by atoms with Gasteiger partial charge in [-0.25, -0.2) is 0 Å². The highest BCUT2D eigenvalue weighted by atomic mass is 16.3. The van der Waals surface area contributed by atoms with Crippen molar-refractivity contribution in [1.82, 2.24) is 0 Å². The highest BCUT2D eigenvalue weighted by Crippen LogP contribution is 1.91. The average molecular weight is 176 g/mol. The van der Waals surface area contributed by atoms with Crippen molar-refractivity contribution in [3.63, 3.8) is 0 Å². The van der Waals surface area contributed by atoms with E-state index in [0.29, 0.717) is 0 Å². The Morgan fingerprint density at radius 3 is 1.92 bits per heavy atom. The highest BCUT2D eigenvalue weighted by molar-refractivity contribution is 4.64. The largest absolute Gasteiger partial charge is 0.394 e. The van der Waals surface area contributed by atoms with Crippen molar-refractivity contribution >= 4 is 0 Å². The minimum atomic E-state index is -0.954. The second kappa shape index (κ2) is 13.2. The first-order chi connectivity index (χ1) is 5.72. The molecule has 74 valence electrons. The highest BCUT2D eigenvalue weighted by Gasteiger charge is 1.93. The van der Waals surface area contributed by atoms with Crippen LogP contribution in [0.1, 0.15) is 26.2 Å². The number of hydrogen-bond donors (Lipinski definition) is 3. The molecule has 0 heterocycles. The smallest absolute Gasteiger partial charge is 0.100 e. The lowest BCUT2D eigenvalue weighted by molar-refractivity contribution is 0.0450. The van der Waals surface area contributed by atoms with E-state index in [1.165, 1.54) is 19.3 Å². The summed E-state index contributed by atoms with van der Waals surface area (Å²) in [6.45, 7) is 5.05. The molecule has 0 radical (unpaired) electrons. The van der Waals surface area contributed by atoms with Crippen LogP contribution in [0.3, 0.4) is 0 Å². The number of aliphatic hydroxyl groups excluding tert-OH is 3. The molecule has 3 nitrogen and oxygen atoms in total. The van der Waals surface area contributed by atoms with Gasteiger partial charge in [-0.15, -0.1) is 6.58 Å². The molecule has 0 unspecified atom stereocenters. The topological polar surface area (TPSA) is 60.7 Å². The molecule has 3 N–H and O–H groups in total. The molecular formula is C9H20O3. The van der Waals surface area contributed by atoms with E-state index in [-0.39, 0.29) is 13.2 Å². The van der Waals surface area contributed by atoms with E-state index in [1.54, 1.807) is 0 Å². The summed E-state index contributed by atoms with van der Waals surface area (Å²) < 4.78 is 0. The second-order valence-electron chi connectivity index (χ2n) is 2.45. The van der Waals surface area contributed by atoms with Gasteiger partial charge in [0, 0.05) is 0 Å². The zero-order valence-corrected chi connectivity index (χ0v) is 7.74. The molecule has 0 spiro atoms.